The van der Waals surface area contributed by atoms with Crippen LogP contribution in [-0.2, 0) is 14.3 Å². The second kappa shape index (κ2) is 4.07. The van der Waals surface area contributed by atoms with Crippen LogP contribution in [0.25, 0.3) is 0 Å². The van der Waals surface area contributed by atoms with Crippen molar-refractivity contribution in [1.82, 2.24) is 0 Å². The summed E-state index contributed by atoms with van der Waals surface area (Å²) in [6.07, 6.45) is 0.250. The number of rotatable bonds is 1. The van der Waals surface area contributed by atoms with Gasteiger partial charge in [-0.15, -0.1) is 0 Å². The summed E-state index contributed by atoms with van der Waals surface area (Å²) in [5.41, 5.74) is 0.404. The molecule has 0 radical (unpaired) electrons. The third kappa shape index (κ3) is 1.60. The molecule has 1 heterocycles. The van der Waals surface area contributed by atoms with Gasteiger partial charge in [0.2, 0.25) is 0 Å². The van der Waals surface area contributed by atoms with Gasteiger partial charge in [0.1, 0.15) is 0 Å². The highest BCUT2D eigenvalue weighted by Gasteiger charge is 2.49. The Labute approximate surface area is 93.7 Å². The van der Waals surface area contributed by atoms with E-state index in [0.717, 1.165) is 0 Å². The van der Waals surface area contributed by atoms with Crippen LogP contribution in [0.5, 0.6) is 0 Å². The van der Waals surface area contributed by atoms with Crippen LogP contribution in [0, 0.1) is 17.8 Å². The van der Waals surface area contributed by atoms with Crippen LogP contribution in [0.3, 0.4) is 0 Å². The molecule has 0 amide bonds. The lowest BCUT2D eigenvalue weighted by Crippen LogP contribution is -2.36. The predicted molar refractivity (Wildman–Crippen MR) is 54.0 cm³/mol. The molecule has 1 saturated carbocycles. The summed E-state index contributed by atoms with van der Waals surface area (Å²) in [7, 11) is 1.30. The molecule has 0 spiro atoms. The first-order valence-electron chi connectivity index (χ1n) is 5.36. The summed E-state index contributed by atoms with van der Waals surface area (Å²) < 4.78 is 9.68. The van der Waals surface area contributed by atoms with E-state index in [1.54, 1.807) is 0 Å². The summed E-state index contributed by atoms with van der Waals surface area (Å²) in [6.45, 7) is 1.85. The van der Waals surface area contributed by atoms with E-state index in [1.165, 1.54) is 13.4 Å². The van der Waals surface area contributed by atoms with Gasteiger partial charge in [0, 0.05) is 11.8 Å². The molecule has 90 valence electrons. The Morgan fingerprint density at radius 3 is 2.88 bits per heavy atom. The Bertz CT molecular complexity index is 324. The van der Waals surface area contributed by atoms with Crippen molar-refractivity contribution >= 4 is 5.97 Å². The van der Waals surface area contributed by atoms with Crippen molar-refractivity contribution in [1.29, 1.82) is 0 Å². The van der Waals surface area contributed by atoms with Crippen LogP contribution in [0.1, 0.15) is 13.3 Å². The number of hydrogen-bond donors (Lipinski definition) is 2. The van der Waals surface area contributed by atoms with Gasteiger partial charge in [0.25, 0.3) is 0 Å². The summed E-state index contributed by atoms with van der Waals surface area (Å²) in [5, 5.41) is 19.5. The molecule has 0 aromatic carbocycles. The fourth-order valence-corrected chi connectivity index (χ4v) is 2.69. The highest BCUT2D eigenvalue weighted by Crippen LogP contribution is 2.45. The minimum absolute atomic E-state index is 0.0895. The molecule has 16 heavy (non-hydrogen) atoms. The lowest BCUT2D eigenvalue weighted by atomic mass is 9.83. The Balaban J connectivity index is 2.28. The molecule has 1 fully saturated rings. The zero-order valence-corrected chi connectivity index (χ0v) is 9.29. The summed E-state index contributed by atoms with van der Waals surface area (Å²) in [6, 6.07) is 0. The minimum atomic E-state index is -0.953. The van der Waals surface area contributed by atoms with E-state index in [4.69, 9.17) is 4.74 Å². The zero-order chi connectivity index (χ0) is 11.9. The van der Waals surface area contributed by atoms with Gasteiger partial charge in [-0.3, -0.25) is 0 Å². The number of methoxy groups -OCH3 is 1. The number of esters is 1. The predicted octanol–water partition coefficient (Wildman–Crippen LogP) is 0.0250. The van der Waals surface area contributed by atoms with Crippen molar-refractivity contribution in [3.63, 3.8) is 0 Å². The maximum absolute atomic E-state index is 11.5. The number of hydrogen-bond acceptors (Lipinski definition) is 5. The molecule has 2 aliphatic rings. The molecule has 0 saturated heterocycles. The first-order chi connectivity index (χ1) is 7.56. The van der Waals surface area contributed by atoms with Crippen molar-refractivity contribution in [3.05, 3.63) is 11.8 Å². The van der Waals surface area contributed by atoms with Crippen LogP contribution in [-0.4, -0.2) is 35.7 Å². The van der Waals surface area contributed by atoms with Gasteiger partial charge in [0.05, 0.1) is 25.0 Å². The monoisotopic (exact) mass is 228 g/mol. The third-order valence-corrected chi connectivity index (χ3v) is 3.66. The molecule has 1 unspecified atom stereocenters. The summed E-state index contributed by atoms with van der Waals surface area (Å²) in [5.74, 6) is -0.966. The normalized spacial score (nSPS) is 42.0. The van der Waals surface area contributed by atoms with Gasteiger partial charge >= 0.3 is 5.97 Å². The highest BCUT2D eigenvalue weighted by atomic mass is 16.6. The van der Waals surface area contributed by atoms with E-state index in [1.807, 2.05) is 6.92 Å². The first kappa shape index (κ1) is 11.4. The molecule has 0 aromatic heterocycles. The zero-order valence-electron chi connectivity index (χ0n) is 9.29. The van der Waals surface area contributed by atoms with Crippen molar-refractivity contribution < 1.29 is 24.5 Å². The van der Waals surface area contributed by atoms with E-state index in [-0.39, 0.29) is 17.8 Å². The quantitative estimate of drug-likeness (QED) is 0.619. The van der Waals surface area contributed by atoms with Gasteiger partial charge in [-0.25, -0.2) is 4.79 Å². The SMILES string of the molecule is COC(=O)C1=COC(O)[C@@H]2[C@@H](C)[C@@H](O)C[C@H]12. The highest BCUT2D eigenvalue weighted by molar-refractivity contribution is 5.89. The van der Waals surface area contributed by atoms with Gasteiger partial charge in [-0.2, -0.15) is 0 Å². The molecule has 1 aliphatic heterocycles. The van der Waals surface area contributed by atoms with Crippen LogP contribution in [0.4, 0.5) is 0 Å². The molecule has 2 N–H and O–H groups in total. The van der Waals surface area contributed by atoms with E-state index in [9.17, 15) is 15.0 Å². The Kier molecular flexibility index (Phi) is 2.90. The summed E-state index contributed by atoms with van der Waals surface area (Å²) >= 11 is 0. The number of carbonyl (C=O) groups excluding carboxylic acids is 1. The maximum atomic E-state index is 11.5. The van der Waals surface area contributed by atoms with Crippen molar-refractivity contribution in [3.8, 4) is 0 Å². The lowest BCUT2D eigenvalue weighted by molar-refractivity contribution is -0.145. The van der Waals surface area contributed by atoms with E-state index < -0.39 is 18.4 Å². The van der Waals surface area contributed by atoms with Crippen LogP contribution in [0.2, 0.25) is 0 Å². The Morgan fingerprint density at radius 2 is 2.25 bits per heavy atom. The number of fused-ring (bicyclic) bond motifs is 1. The number of aliphatic hydroxyl groups is 2. The average molecular weight is 228 g/mol. The van der Waals surface area contributed by atoms with Crippen LogP contribution < -0.4 is 0 Å². The second-order valence-corrected chi connectivity index (χ2v) is 4.44. The average Bonchev–Trinajstić information content (AvgIpc) is 2.56. The minimum Gasteiger partial charge on any atom is -0.472 e. The Hall–Kier alpha value is -1.07. The molecular weight excluding hydrogens is 212 g/mol. The Morgan fingerprint density at radius 1 is 1.56 bits per heavy atom. The molecule has 2 rings (SSSR count). The summed E-state index contributed by atoms with van der Waals surface area (Å²) in [4.78, 5) is 11.5. The van der Waals surface area contributed by atoms with Gasteiger partial charge in [0.15, 0.2) is 6.29 Å². The molecule has 0 aromatic rings. The van der Waals surface area contributed by atoms with Gasteiger partial charge in [-0.05, 0) is 12.3 Å². The molecular formula is C11H16O5. The number of ether oxygens (including phenoxy) is 2. The van der Waals surface area contributed by atoms with Gasteiger partial charge in [-0.1, -0.05) is 6.92 Å². The fraction of sp³-hybridized carbons (Fsp3) is 0.727. The van der Waals surface area contributed by atoms with E-state index in [2.05, 4.69) is 4.74 Å². The molecule has 5 heteroatoms. The first-order valence-corrected chi connectivity index (χ1v) is 5.36. The standard InChI is InChI=1S/C11H16O5/c1-5-8(12)3-6-7(10(13)15-2)4-16-11(14)9(5)6/h4-6,8-9,11-12,14H,3H2,1-2H3/t5-,6+,8-,9+,11?/m0/s1. The van der Waals surface area contributed by atoms with Crippen LogP contribution >= 0.6 is 0 Å². The van der Waals surface area contributed by atoms with E-state index in [0.29, 0.717) is 12.0 Å². The van der Waals surface area contributed by atoms with Crippen molar-refractivity contribution in [2.45, 2.75) is 25.7 Å². The second-order valence-electron chi connectivity index (χ2n) is 4.44. The van der Waals surface area contributed by atoms with E-state index >= 15 is 0 Å². The van der Waals surface area contributed by atoms with Crippen molar-refractivity contribution in [2.75, 3.05) is 7.11 Å². The molecule has 5 atom stereocenters. The molecule has 1 aliphatic carbocycles. The fourth-order valence-electron chi connectivity index (χ4n) is 2.69. The topological polar surface area (TPSA) is 76.0 Å². The number of carbonyl (C=O) groups is 1. The molecule has 5 nitrogen and oxygen atoms in total. The van der Waals surface area contributed by atoms with Crippen molar-refractivity contribution in [2.24, 2.45) is 17.8 Å². The van der Waals surface area contributed by atoms with Crippen LogP contribution in [0.15, 0.2) is 11.8 Å². The van der Waals surface area contributed by atoms with Gasteiger partial charge < -0.3 is 19.7 Å². The lowest BCUT2D eigenvalue weighted by Gasteiger charge is -2.31. The maximum Gasteiger partial charge on any atom is 0.337 e. The third-order valence-electron chi connectivity index (χ3n) is 3.66. The smallest absolute Gasteiger partial charge is 0.337 e. The number of aliphatic hydroxyl groups excluding tert-OH is 2. The largest absolute Gasteiger partial charge is 0.472 e. The molecule has 0 bridgehead atoms.